The molecular weight excluding hydrogens is 216 g/mol. The Balaban J connectivity index is 2.60. The van der Waals surface area contributed by atoms with Gasteiger partial charge in [-0.05, 0) is 48.8 Å². The molecule has 0 N–H and O–H groups in total. The fourth-order valence-corrected chi connectivity index (χ4v) is 2.20. The molecule has 1 nitrogen and oxygen atoms in total. The maximum Gasteiger partial charge on any atom is 0.119 e. The van der Waals surface area contributed by atoms with Gasteiger partial charge in [0.05, 0.1) is 6.61 Å². The molecule has 1 rings (SSSR count). The number of aryl methyl sites for hydroxylation is 2. The molecule has 1 aromatic carbocycles. The molecule has 1 unspecified atom stereocenters. The van der Waals surface area contributed by atoms with Gasteiger partial charge in [0.25, 0.3) is 0 Å². The predicted octanol–water partition coefficient (Wildman–Crippen LogP) is 3.88. The summed E-state index contributed by atoms with van der Waals surface area (Å²) < 4.78 is 5.83. The number of benzene rings is 1. The van der Waals surface area contributed by atoms with E-state index in [1.807, 2.05) is 0 Å². The largest absolute Gasteiger partial charge is 0.493 e. The monoisotopic (exact) mass is 238 g/mol. The van der Waals surface area contributed by atoms with E-state index in [0.29, 0.717) is 11.8 Å². The van der Waals surface area contributed by atoms with Crippen LogP contribution >= 0.6 is 12.6 Å². The Morgan fingerprint density at radius 3 is 2.12 bits per heavy atom. The van der Waals surface area contributed by atoms with E-state index in [9.17, 15) is 0 Å². The summed E-state index contributed by atoms with van der Waals surface area (Å²) in [6, 6.07) is 6.33. The van der Waals surface area contributed by atoms with Crippen LogP contribution in [0.3, 0.4) is 0 Å². The van der Waals surface area contributed by atoms with Crippen molar-refractivity contribution in [3.05, 3.63) is 29.3 Å². The van der Waals surface area contributed by atoms with Gasteiger partial charge >= 0.3 is 0 Å². The van der Waals surface area contributed by atoms with Gasteiger partial charge in [-0.25, -0.2) is 0 Å². The van der Waals surface area contributed by atoms with E-state index in [0.717, 1.165) is 18.1 Å². The van der Waals surface area contributed by atoms with Crippen LogP contribution in [0.4, 0.5) is 0 Å². The molecule has 0 radical (unpaired) electrons. The van der Waals surface area contributed by atoms with Gasteiger partial charge in [0, 0.05) is 5.92 Å². The van der Waals surface area contributed by atoms with E-state index in [4.69, 9.17) is 4.74 Å². The third-order valence-electron chi connectivity index (χ3n) is 2.84. The first-order valence-corrected chi connectivity index (χ1v) is 6.48. The average molecular weight is 238 g/mol. The Kier molecular flexibility index (Phi) is 5.20. The molecule has 1 aromatic rings. The first-order valence-electron chi connectivity index (χ1n) is 5.85. The molecule has 0 bridgehead atoms. The van der Waals surface area contributed by atoms with Gasteiger partial charge in [0.2, 0.25) is 0 Å². The second-order valence-corrected chi connectivity index (χ2v) is 5.19. The maximum atomic E-state index is 5.83. The standard InChI is InChI=1S/C14H22OS/c1-10(2)13(9-16)8-15-14-6-11(3)5-12(4)7-14/h5-7,10,13,16H,8-9H2,1-4H3. The molecule has 16 heavy (non-hydrogen) atoms. The summed E-state index contributed by atoms with van der Waals surface area (Å²) in [7, 11) is 0. The van der Waals surface area contributed by atoms with Gasteiger partial charge in [-0.15, -0.1) is 0 Å². The molecule has 90 valence electrons. The molecule has 0 amide bonds. The number of hydrogen-bond donors (Lipinski definition) is 1. The summed E-state index contributed by atoms with van der Waals surface area (Å²) in [5.74, 6) is 2.99. The van der Waals surface area contributed by atoms with E-state index >= 15 is 0 Å². The summed E-state index contributed by atoms with van der Waals surface area (Å²) in [6.07, 6.45) is 0. The Labute approximate surface area is 105 Å². The minimum Gasteiger partial charge on any atom is -0.493 e. The number of thiol groups is 1. The summed E-state index contributed by atoms with van der Waals surface area (Å²) in [5.41, 5.74) is 2.50. The van der Waals surface area contributed by atoms with Gasteiger partial charge in [0.15, 0.2) is 0 Å². The zero-order valence-corrected chi connectivity index (χ0v) is 11.6. The van der Waals surface area contributed by atoms with Crippen LogP contribution in [0.15, 0.2) is 18.2 Å². The summed E-state index contributed by atoms with van der Waals surface area (Å²) in [4.78, 5) is 0. The highest BCUT2D eigenvalue weighted by Crippen LogP contribution is 2.19. The fraction of sp³-hybridized carbons (Fsp3) is 0.571. The average Bonchev–Trinajstić information content (AvgIpc) is 2.16. The van der Waals surface area contributed by atoms with Crippen molar-refractivity contribution in [2.75, 3.05) is 12.4 Å². The minimum absolute atomic E-state index is 0.518. The molecule has 0 aliphatic carbocycles. The number of hydrogen-bond acceptors (Lipinski definition) is 2. The quantitative estimate of drug-likeness (QED) is 0.766. The Bertz CT molecular complexity index is 313. The van der Waals surface area contributed by atoms with Crippen LogP contribution < -0.4 is 4.74 Å². The molecule has 0 aliphatic rings. The smallest absolute Gasteiger partial charge is 0.119 e. The van der Waals surface area contributed by atoms with Crippen molar-refractivity contribution in [3.63, 3.8) is 0 Å². The maximum absolute atomic E-state index is 5.83. The molecule has 1 atom stereocenters. The predicted molar refractivity (Wildman–Crippen MR) is 73.6 cm³/mol. The van der Waals surface area contributed by atoms with Crippen LogP contribution in [0.1, 0.15) is 25.0 Å². The van der Waals surface area contributed by atoms with Crippen LogP contribution in [-0.2, 0) is 0 Å². The molecule has 0 saturated carbocycles. The summed E-state index contributed by atoms with van der Waals surface area (Å²) in [5, 5.41) is 0. The first kappa shape index (κ1) is 13.4. The third-order valence-corrected chi connectivity index (χ3v) is 3.31. The van der Waals surface area contributed by atoms with E-state index in [1.165, 1.54) is 11.1 Å². The summed E-state index contributed by atoms with van der Waals surface area (Å²) >= 11 is 4.36. The van der Waals surface area contributed by atoms with Crippen molar-refractivity contribution < 1.29 is 4.74 Å². The second-order valence-electron chi connectivity index (χ2n) is 4.82. The summed E-state index contributed by atoms with van der Waals surface area (Å²) in [6.45, 7) is 9.37. The van der Waals surface area contributed by atoms with Crippen LogP contribution in [0.5, 0.6) is 5.75 Å². The first-order chi connectivity index (χ1) is 7.52. The fourth-order valence-electron chi connectivity index (χ4n) is 1.68. The highest BCUT2D eigenvalue weighted by atomic mass is 32.1. The van der Waals surface area contributed by atoms with Crippen molar-refractivity contribution in [2.24, 2.45) is 11.8 Å². The number of rotatable bonds is 5. The van der Waals surface area contributed by atoms with Gasteiger partial charge in [0.1, 0.15) is 5.75 Å². The lowest BCUT2D eigenvalue weighted by atomic mass is 9.99. The lowest BCUT2D eigenvalue weighted by Crippen LogP contribution is -2.19. The molecule has 0 aliphatic heterocycles. The third kappa shape index (κ3) is 4.09. The highest BCUT2D eigenvalue weighted by Gasteiger charge is 2.12. The number of ether oxygens (including phenoxy) is 1. The van der Waals surface area contributed by atoms with Gasteiger partial charge < -0.3 is 4.74 Å². The minimum atomic E-state index is 0.518. The van der Waals surface area contributed by atoms with E-state index < -0.39 is 0 Å². The molecule has 0 aromatic heterocycles. The lowest BCUT2D eigenvalue weighted by molar-refractivity contribution is 0.227. The van der Waals surface area contributed by atoms with Gasteiger partial charge in [-0.2, -0.15) is 12.6 Å². The highest BCUT2D eigenvalue weighted by molar-refractivity contribution is 7.80. The Morgan fingerprint density at radius 2 is 1.69 bits per heavy atom. The molecule has 0 fully saturated rings. The normalized spacial score (nSPS) is 12.9. The zero-order chi connectivity index (χ0) is 12.1. The Hall–Kier alpha value is -0.630. The molecule has 0 saturated heterocycles. The van der Waals surface area contributed by atoms with E-state index in [-0.39, 0.29) is 0 Å². The van der Waals surface area contributed by atoms with Crippen molar-refractivity contribution in [1.29, 1.82) is 0 Å². The lowest BCUT2D eigenvalue weighted by Gasteiger charge is -2.19. The Morgan fingerprint density at radius 1 is 1.12 bits per heavy atom. The van der Waals surface area contributed by atoms with Crippen LogP contribution in [0.2, 0.25) is 0 Å². The van der Waals surface area contributed by atoms with Crippen LogP contribution in [-0.4, -0.2) is 12.4 Å². The van der Waals surface area contributed by atoms with Gasteiger partial charge in [-0.3, -0.25) is 0 Å². The van der Waals surface area contributed by atoms with Crippen molar-refractivity contribution in [1.82, 2.24) is 0 Å². The van der Waals surface area contributed by atoms with Crippen molar-refractivity contribution in [2.45, 2.75) is 27.7 Å². The van der Waals surface area contributed by atoms with Crippen molar-refractivity contribution >= 4 is 12.6 Å². The van der Waals surface area contributed by atoms with E-state index in [1.54, 1.807) is 0 Å². The molecule has 0 spiro atoms. The topological polar surface area (TPSA) is 9.23 Å². The molecule has 0 heterocycles. The van der Waals surface area contributed by atoms with Gasteiger partial charge in [-0.1, -0.05) is 19.9 Å². The van der Waals surface area contributed by atoms with Crippen LogP contribution in [0.25, 0.3) is 0 Å². The molecule has 2 heteroatoms. The van der Waals surface area contributed by atoms with Crippen LogP contribution in [0, 0.1) is 25.7 Å². The zero-order valence-electron chi connectivity index (χ0n) is 10.7. The van der Waals surface area contributed by atoms with Crippen molar-refractivity contribution in [3.8, 4) is 5.75 Å². The van der Waals surface area contributed by atoms with E-state index in [2.05, 4.69) is 58.5 Å². The molecular formula is C14H22OS. The SMILES string of the molecule is Cc1cc(C)cc(OCC(CS)C(C)C)c1. The second kappa shape index (κ2) is 6.19.